The molecule has 0 heterocycles. The van der Waals surface area contributed by atoms with Gasteiger partial charge >= 0.3 is 0 Å². The molecular formula is C14H20N2O2. The highest BCUT2D eigenvalue weighted by molar-refractivity contribution is 5.86. The smallest absolute Gasteiger partial charge is 0.243 e. The van der Waals surface area contributed by atoms with E-state index in [4.69, 9.17) is 4.74 Å². The summed E-state index contributed by atoms with van der Waals surface area (Å²) in [6, 6.07) is 7.98. The van der Waals surface area contributed by atoms with Crippen LogP contribution in [0.4, 0.5) is 5.69 Å². The lowest BCUT2D eigenvalue weighted by molar-refractivity contribution is -0.116. The van der Waals surface area contributed by atoms with Crippen LogP contribution in [0.1, 0.15) is 5.56 Å². The Hall–Kier alpha value is -1.81. The summed E-state index contributed by atoms with van der Waals surface area (Å²) in [5, 5.41) is 2.79. The van der Waals surface area contributed by atoms with Gasteiger partial charge in [-0.15, -0.1) is 0 Å². The number of amides is 1. The highest BCUT2D eigenvalue weighted by Crippen LogP contribution is 2.18. The Bertz CT molecular complexity index is 405. The molecule has 1 rings (SSSR count). The molecule has 1 N–H and O–H groups in total. The van der Waals surface area contributed by atoms with Crippen molar-refractivity contribution in [2.24, 2.45) is 0 Å². The van der Waals surface area contributed by atoms with Crippen molar-refractivity contribution in [1.29, 1.82) is 0 Å². The number of anilines is 1. The minimum atomic E-state index is -0.163. The first kappa shape index (κ1) is 14.3. The number of ether oxygens (including phenoxy) is 1. The van der Waals surface area contributed by atoms with Crippen molar-refractivity contribution in [3.63, 3.8) is 0 Å². The van der Waals surface area contributed by atoms with Gasteiger partial charge in [-0.2, -0.15) is 0 Å². The van der Waals surface area contributed by atoms with Crippen LogP contribution in [-0.2, 0) is 16.1 Å². The molecule has 0 aliphatic carbocycles. The lowest BCUT2D eigenvalue weighted by atomic mass is 10.1. The third kappa shape index (κ3) is 4.22. The van der Waals surface area contributed by atoms with Crippen molar-refractivity contribution in [2.45, 2.75) is 6.54 Å². The molecular weight excluding hydrogens is 228 g/mol. The first-order chi connectivity index (χ1) is 8.69. The molecule has 0 unspecified atom stereocenters. The van der Waals surface area contributed by atoms with Gasteiger partial charge in [0, 0.05) is 32.9 Å². The van der Waals surface area contributed by atoms with Gasteiger partial charge in [0.25, 0.3) is 0 Å². The van der Waals surface area contributed by atoms with Crippen LogP contribution in [0.3, 0.4) is 0 Å². The molecule has 0 fully saturated rings. The fraction of sp³-hybridized carbons (Fsp3) is 0.357. The molecule has 0 radical (unpaired) electrons. The van der Waals surface area contributed by atoms with Crippen molar-refractivity contribution in [1.82, 2.24) is 5.32 Å². The number of nitrogens with zero attached hydrogens (tertiary/aromatic N) is 1. The average molecular weight is 248 g/mol. The Morgan fingerprint density at radius 3 is 2.89 bits per heavy atom. The van der Waals surface area contributed by atoms with Crippen molar-refractivity contribution in [3.05, 3.63) is 42.5 Å². The SMILES string of the molecule is C=CC(=O)NCc1ccccc1N(C)CCOC. The van der Waals surface area contributed by atoms with E-state index in [1.54, 1.807) is 7.11 Å². The molecule has 0 aliphatic heterocycles. The summed E-state index contributed by atoms with van der Waals surface area (Å²) in [6.07, 6.45) is 1.28. The number of rotatable bonds is 7. The molecule has 0 saturated carbocycles. The monoisotopic (exact) mass is 248 g/mol. The second kappa shape index (κ2) is 7.50. The molecule has 1 amide bonds. The van der Waals surface area contributed by atoms with E-state index < -0.39 is 0 Å². The molecule has 18 heavy (non-hydrogen) atoms. The lowest BCUT2D eigenvalue weighted by Gasteiger charge is -2.22. The van der Waals surface area contributed by atoms with Crippen LogP contribution in [0, 0.1) is 0 Å². The summed E-state index contributed by atoms with van der Waals surface area (Å²) in [7, 11) is 3.69. The maximum absolute atomic E-state index is 11.2. The Labute approximate surface area is 108 Å². The number of hydrogen-bond acceptors (Lipinski definition) is 3. The quantitative estimate of drug-likeness (QED) is 0.745. The van der Waals surface area contributed by atoms with Gasteiger partial charge in [-0.1, -0.05) is 24.8 Å². The number of nitrogens with one attached hydrogen (secondary N) is 1. The summed E-state index contributed by atoms with van der Waals surface area (Å²) in [6.45, 7) is 5.41. The molecule has 98 valence electrons. The van der Waals surface area contributed by atoms with Gasteiger partial charge < -0.3 is 15.0 Å². The number of likely N-dealkylation sites (N-methyl/N-ethyl adjacent to an activating group) is 1. The molecule has 4 heteroatoms. The van der Waals surface area contributed by atoms with Crippen LogP contribution >= 0.6 is 0 Å². The van der Waals surface area contributed by atoms with E-state index >= 15 is 0 Å². The van der Waals surface area contributed by atoms with Crippen LogP contribution in [0.2, 0.25) is 0 Å². The van der Waals surface area contributed by atoms with Crippen LogP contribution in [-0.4, -0.2) is 33.2 Å². The van der Waals surface area contributed by atoms with Gasteiger partial charge in [-0.3, -0.25) is 4.79 Å². The van der Waals surface area contributed by atoms with Crippen LogP contribution in [0.15, 0.2) is 36.9 Å². The van der Waals surface area contributed by atoms with Crippen LogP contribution < -0.4 is 10.2 Å². The Balaban J connectivity index is 2.72. The normalized spacial score (nSPS) is 9.89. The molecule has 1 aromatic carbocycles. The predicted molar refractivity (Wildman–Crippen MR) is 73.6 cm³/mol. The highest BCUT2D eigenvalue weighted by atomic mass is 16.5. The van der Waals surface area contributed by atoms with Gasteiger partial charge in [0.05, 0.1) is 6.61 Å². The third-order valence-electron chi connectivity index (χ3n) is 2.67. The molecule has 0 aromatic heterocycles. The highest BCUT2D eigenvalue weighted by Gasteiger charge is 2.07. The zero-order chi connectivity index (χ0) is 13.4. The van der Waals surface area contributed by atoms with Crippen molar-refractivity contribution < 1.29 is 9.53 Å². The number of carbonyl (C=O) groups is 1. The minimum Gasteiger partial charge on any atom is -0.383 e. The lowest BCUT2D eigenvalue weighted by Crippen LogP contribution is -2.26. The summed E-state index contributed by atoms with van der Waals surface area (Å²) in [5.74, 6) is -0.163. The van der Waals surface area contributed by atoms with E-state index in [0.29, 0.717) is 13.2 Å². The van der Waals surface area contributed by atoms with Gasteiger partial charge in [0.15, 0.2) is 0 Å². The summed E-state index contributed by atoms with van der Waals surface area (Å²) in [4.78, 5) is 13.3. The summed E-state index contributed by atoms with van der Waals surface area (Å²) >= 11 is 0. The first-order valence-electron chi connectivity index (χ1n) is 5.87. The fourth-order valence-electron chi connectivity index (χ4n) is 1.64. The molecule has 0 bridgehead atoms. The predicted octanol–water partition coefficient (Wildman–Crippen LogP) is 1.57. The Morgan fingerprint density at radius 1 is 1.50 bits per heavy atom. The number of benzene rings is 1. The number of methoxy groups -OCH3 is 1. The van der Waals surface area contributed by atoms with Crippen molar-refractivity contribution in [3.8, 4) is 0 Å². The zero-order valence-corrected chi connectivity index (χ0v) is 11.0. The summed E-state index contributed by atoms with van der Waals surface area (Å²) in [5.41, 5.74) is 2.17. The van der Waals surface area contributed by atoms with Crippen LogP contribution in [0.5, 0.6) is 0 Å². The average Bonchev–Trinajstić information content (AvgIpc) is 2.42. The van der Waals surface area contributed by atoms with E-state index in [9.17, 15) is 4.79 Å². The van der Waals surface area contributed by atoms with E-state index in [-0.39, 0.29) is 5.91 Å². The third-order valence-corrected chi connectivity index (χ3v) is 2.67. The van der Waals surface area contributed by atoms with E-state index in [2.05, 4.69) is 16.8 Å². The molecule has 0 spiro atoms. The number of para-hydroxylation sites is 1. The first-order valence-corrected chi connectivity index (χ1v) is 5.87. The van der Waals surface area contributed by atoms with Gasteiger partial charge in [-0.05, 0) is 17.7 Å². The van der Waals surface area contributed by atoms with E-state index in [1.807, 2.05) is 31.3 Å². The maximum Gasteiger partial charge on any atom is 0.243 e. The summed E-state index contributed by atoms with van der Waals surface area (Å²) < 4.78 is 5.06. The second-order valence-corrected chi connectivity index (χ2v) is 3.96. The largest absolute Gasteiger partial charge is 0.383 e. The number of carbonyl (C=O) groups excluding carboxylic acids is 1. The molecule has 0 aliphatic rings. The molecule has 0 atom stereocenters. The molecule has 0 saturated heterocycles. The van der Waals surface area contributed by atoms with Crippen molar-refractivity contribution >= 4 is 11.6 Å². The van der Waals surface area contributed by atoms with Gasteiger partial charge in [0.1, 0.15) is 0 Å². The molecule has 1 aromatic rings. The zero-order valence-electron chi connectivity index (χ0n) is 11.0. The van der Waals surface area contributed by atoms with Gasteiger partial charge in [-0.25, -0.2) is 0 Å². The second-order valence-electron chi connectivity index (χ2n) is 3.96. The maximum atomic E-state index is 11.2. The molecule has 4 nitrogen and oxygen atoms in total. The number of hydrogen-bond donors (Lipinski definition) is 1. The topological polar surface area (TPSA) is 41.6 Å². The minimum absolute atomic E-state index is 0.163. The van der Waals surface area contributed by atoms with E-state index in [1.165, 1.54) is 6.08 Å². The van der Waals surface area contributed by atoms with E-state index in [0.717, 1.165) is 17.8 Å². The van der Waals surface area contributed by atoms with Crippen LogP contribution in [0.25, 0.3) is 0 Å². The van der Waals surface area contributed by atoms with Gasteiger partial charge in [0.2, 0.25) is 5.91 Å². The standard InChI is InChI=1S/C14H20N2O2/c1-4-14(17)15-11-12-7-5-6-8-13(12)16(2)9-10-18-3/h4-8H,1,9-11H2,2-3H3,(H,15,17). The Morgan fingerprint density at radius 2 is 2.22 bits per heavy atom. The van der Waals surface area contributed by atoms with Crippen molar-refractivity contribution in [2.75, 3.05) is 32.2 Å². The fourth-order valence-corrected chi connectivity index (χ4v) is 1.64. The Kier molecular flexibility index (Phi) is 5.94.